The van der Waals surface area contributed by atoms with Crippen molar-refractivity contribution >= 4 is 11.7 Å². The highest BCUT2D eigenvalue weighted by molar-refractivity contribution is 5.79. The Balaban J connectivity index is 2.16. The van der Waals surface area contributed by atoms with Crippen LogP contribution in [0.5, 0.6) is 28.7 Å². The monoisotopic (exact) mass is 417 g/mol. The summed E-state index contributed by atoms with van der Waals surface area (Å²) in [4.78, 5) is 12.2. The van der Waals surface area contributed by atoms with Crippen LogP contribution in [0.25, 0.3) is 5.76 Å². The Morgan fingerprint density at radius 2 is 1.73 bits per heavy atom. The molecule has 1 heterocycles. The smallest absolute Gasteiger partial charge is 0.249 e. The van der Waals surface area contributed by atoms with E-state index in [-0.39, 0.29) is 22.8 Å². The van der Waals surface area contributed by atoms with Gasteiger partial charge < -0.3 is 29.2 Å². The molecule has 1 aliphatic rings. The van der Waals surface area contributed by atoms with Gasteiger partial charge in [0.1, 0.15) is 22.9 Å². The first-order valence-electron chi connectivity index (χ1n) is 8.94. The second kappa shape index (κ2) is 8.13. The molecule has 0 radical (unpaired) electrons. The number of hydrogen-bond acceptors (Lipinski definition) is 8. The first-order valence-corrected chi connectivity index (χ1v) is 8.94. The molecule has 0 fully saturated rings. The Hall–Kier alpha value is -3.43. The van der Waals surface area contributed by atoms with Crippen molar-refractivity contribution in [2.75, 3.05) is 28.4 Å². The molecule has 1 unspecified atom stereocenters. The third kappa shape index (κ3) is 3.85. The lowest BCUT2D eigenvalue weighted by Crippen LogP contribution is -2.35. The average molecular weight is 417 g/mol. The van der Waals surface area contributed by atoms with E-state index in [1.165, 1.54) is 45.6 Å². The van der Waals surface area contributed by atoms with Gasteiger partial charge in [-0.3, -0.25) is 10.0 Å². The van der Waals surface area contributed by atoms with Gasteiger partial charge in [0.15, 0.2) is 11.5 Å². The number of fused-ring (bicyclic) bond motifs is 1. The minimum atomic E-state index is -1.85. The first-order chi connectivity index (χ1) is 14.2. The maximum absolute atomic E-state index is 12.2. The fraction of sp³-hybridized carbons (Fsp3) is 0.286. The van der Waals surface area contributed by atoms with Crippen molar-refractivity contribution in [2.45, 2.75) is 12.0 Å². The number of carbonyl (C=O) groups is 1. The highest BCUT2D eigenvalue weighted by Gasteiger charge is 2.39. The zero-order valence-electron chi connectivity index (χ0n) is 17.0. The van der Waals surface area contributed by atoms with Crippen LogP contribution in [-0.2, 0) is 10.4 Å². The zero-order chi connectivity index (χ0) is 22.1. The number of methoxy groups -OCH3 is 3. The molecule has 1 aliphatic heterocycles. The van der Waals surface area contributed by atoms with E-state index >= 15 is 0 Å². The minimum Gasteiger partial charge on any atom is -0.508 e. The highest BCUT2D eigenvalue weighted by Crippen LogP contribution is 2.46. The lowest BCUT2D eigenvalue weighted by atomic mass is 9.86. The molecule has 9 heteroatoms. The van der Waals surface area contributed by atoms with E-state index in [0.717, 1.165) is 7.05 Å². The van der Waals surface area contributed by atoms with Gasteiger partial charge in [-0.15, -0.1) is 0 Å². The van der Waals surface area contributed by atoms with Crippen LogP contribution in [0.1, 0.15) is 17.5 Å². The molecular weight excluding hydrogens is 394 g/mol. The molecule has 0 aliphatic carbocycles. The molecule has 2 aromatic rings. The van der Waals surface area contributed by atoms with Crippen molar-refractivity contribution in [3.05, 3.63) is 47.5 Å². The second-order valence-electron chi connectivity index (χ2n) is 6.72. The maximum Gasteiger partial charge on any atom is 0.249 e. The Kier molecular flexibility index (Phi) is 5.77. The number of phenols is 1. The summed E-state index contributed by atoms with van der Waals surface area (Å²) >= 11 is 0. The maximum atomic E-state index is 12.2. The molecule has 3 rings (SSSR count). The number of hydrogen-bond donors (Lipinski definition) is 3. The van der Waals surface area contributed by atoms with Gasteiger partial charge in [-0.25, -0.2) is 5.06 Å². The fourth-order valence-corrected chi connectivity index (χ4v) is 3.24. The number of aromatic hydroxyl groups is 1. The van der Waals surface area contributed by atoms with Crippen LogP contribution in [0, 0.1) is 0 Å². The van der Waals surface area contributed by atoms with Gasteiger partial charge in [-0.2, -0.15) is 0 Å². The van der Waals surface area contributed by atoms with E-state index in [4.69, 9.17) is 18.9 Å². The molecule has 0 saturated heterocycles. The molecule has 0 saturated carbocycles. The van der Waals surface area contributed by atoms with E-state index in [0.29, 0.717) is 27.9 Å². The number of benzene rings is 2. The standard InChI is InChI=1S/C21H23NO8/c1-22(26)19(24)11-21(25)10-18(30-15-6-5-13(23)9-14(15)21)12-7-16(27-2)20(29-4)17(8-12)28-3/h5-10,23,25-26H,11H2,1-4H3. The van der Waals surface area contributed by atoms with Crippen LogP contribution < -0.4 is 18.9 Å². The van der Waals surface area contributed by atoms with Gasteiger partial charge in [0.05, 0.1) is 27.8 Å². The van der Waals surface area contributed by atoms with Gasteiger partial charge in [0.25, 0.3) is 0 Å². The van der Waals surface area contributed by atoms with Crippen molar-refractivity contribution in [1.82, 2.24) is 5.06 Å². The summed E-state index contributed by atoms with van der Waals surface area (Å²) in [7, 11) is 5.59. The summed E-state index contributed by atoms with van der Waals surface area (Å²) in [6.45, 7) is 0. The van der Waals surface area contributed by atoms with Crippen molar-refractivity contribution in [3.8, 4) is 28.7 Å². The lowest BCUT2D eigenvalue weighted by molar-refractivity contribution is -0.163. The number of aliphatic hydroxyl groups is 1. The van der Waals surface area contributed by atoms with Crippen LogP contribution in [0.3, 0.4) is 0 Å². The van der Waals surface area contributed by atoms with Crippen LogP contribution in [0.15, 0.2) is 36.4 Å². The molecule has 1 amide bonds. The summed E-state index contributed by atoms with van der Waals surface area (Å²) < 4.78 is 22.0. The molecule has 160 valence electrons. The molecule has 3 N–H and O–H groups in total. The third-order valence-electron chi connectivity index (χ3n) is 4.75. The number of amides is 1. The summed E-state index contributed by atoms with van der Waals surface area (Å²) in [5, 5.41) is 31.1. The Morgan fingerprint density at radius 3 is 2.27 bits per heavy atom. The SMILES string of the molecule is COc1cc(C2=CC(O)(CC(=O)N(C)O)c3cc(O)ccc3O2)cc(OC)c1OC. The number of carbonyl (C=O) groups excluding carboxylic acids is 1. The number of nitrogens with zero attached hydrogens (tertiary/aromatic N) is 1. The quantitative estimate of drug-likeness (QED) is 0.484. The average Bonchev–Trinajstić information content (AvgIpc) is 2.72. The van der Waals surface area contributed by atoms with Crippen LogP contribution in [0.4, 0.5) is 0 Å². The van der Waals surface area contributed by atoms with Gasteiger partial charge in [-0.05, 0) is 36.4 Å². The molecule has 2 aromatic carbocycles. The fourth-order valence-electron chi connectivity index (χ4n) is 3.24. The molecule has 0 aromatic heterocycles. The molecule has 30 heavy (non-hydrogen) atoms. The van der Waals surface area contributed by atoms with E-state index in [9.17, 15) is 20.2 Å². The van der Waals surface area contributed by atoms with Gasteiger partial charge in [0, 0.05) is 18.2 Å². The summed E-state index contributed by atoms with van der Waals surface area (Å²) in [5.74, 6) is 0.778. The molecule has 9 nitrogen and oxygen atoms in total. The number of ether oxygens (including phenoxy) is 4. The van der Waals surface area contributed by atoms with Crippen molar-refractivity contribution in [1.29, 1.82) is 0 Å². The Bertz CT molecular complexity index is 975. The van der Waals surface area contributed by atoms with Gasteiger partial charge >= 0.3 is 0 Å². The lowest BCUT2D eigenvalue weighted by Gasteiger charge is -2.32. The number of phenolic OH excluding ortho intramolecular Hbond substituents is 1. The largest absolute Gasteiger partial charge is 0.508 e. The third-order valence-corrected chi connectivity index (χ3v) is 4.75. The Labute approximate surface area is 173 Å². The zero-order valence-corrected chi connectivity index (χ0v) is 17.0. The van der Waals surface area contributed by atoms with E-state index < -0.39 is 17.9 Å². The van der Waals surface area contributed by atoms with Gasteiger partial charge in [-0.1, -0.05) is 0 Å². The van der Waals surface area contributed by atoms with E-state index in [1.54, 1.807) is 12.1 Å². The number of rotatable bonds is 6. The van der Waals surface area contributed by atoms with Crippen LogP contribution in [-0.4, -0.2) is 54.8 Å². The molecule has 0 bridgehead atoms. The molecule has 1 atom stereocenters. The summed E-state index contributed by atoms with van der Waals surface area (Å²) in [6, 6.07) is 7.46. The van der Waals surface area contributed by atoms with Gasteiger partial charge in [0.2, 0.25) is 11.7 Å². The van der Waals surface area contributed by atoms with Crippen LogP contribution in [0.2, 0.25) is 0 Å². The predicted octanol–water partition coefficient (Wildman–Crippen LogP) is 2.28. The summed E-state index contributed by atoms with van der Waals surface area (Å²) in [6.07, 6.45) is 0.866. The van der Waals surface area contributed by atoms with E-state index in [1.807, 2.05) is 0 Å². The predicted molar refractivity (Wildman–Crippen MR) is 106 cm³/mol. The highest BCUT2D eigenvalue weighted by atomic mass is 16.5. The van der Waals surface area contributed by atoms with E-state index in [2.05, 4.69) is 0 Å². The van der Waals surface area contributed by atoms with Crippen molar-refractivity contribution in [2.24, 2.45) is 0 Å². The topological polar surface area (TPSA) is 118 Å². The second-order valence-corrected chi connectivity index (χ2v) is 6.72. The van der Waals surface area contributed by atoms with Crippen LogP contribution >= 0.6 is 0 Å². The van der Waals surface area contributed by atoms with Crippen molar-refractivity contribution < 1.29 is 39.2 Å². The first kappa shape index (κ1) is 21.3. The minimum absolute atomic E-state index is 0.106. The normalized spacial score (nSPS) is 17.3. The van der Waals surface area contributed by atoms with Crippen molar-refractivity contribution in [3.63, 3.8) is 0 Å². The molecule has 0 spiro atoms. The summed E-state index contributed by atoms with van der Waals surface area (Å²) in [5.41, 5.74) is -1.17. The number of hydroxylamine groups is 2. The molecular formula is C21H23NO8. The Morgan fingerprint density at radius 1 is 1.10 bits per heavy atom.